The molecule has 108 valence electrons. The number of anilines is 2. The molecule has 3 rings (SSSR count). The number of rotatable bonds is 3. The summed E-state index contributed by atoms with van der Waals surface area (Å²) in [5.41, 5.74) is 9.05. The number of nitrogens with zero attached hydrogens (tertiary/aromatic N) is 2. The Kier molecular flexibility index (Phi) is 3.81. The molecular weight excluding hydrogens is 268 g/mol. The lowest BCUT2D eigenvalue weighted by molar-refractivity contribution is 0.226. The lowest BCUT2D eigenvalue weighted by atomic mass is 9.97. The first-order chi connectivity index (χ1) is 9.61. The van der Waals surface area contributed by atoms with Gasteiger partial charge in [-0.05, 0) is 58.0 Å². The Morgan fingerprint density at radius 2 is 2.15 bits per heavy atom. The van der Waals surface area contributed by atoms with Gasteiger partial charge in [-0.25, -0.2) is 4.98 Å². The van der Waals surface area contributed by atoms with Crippen molar-refractivity contribution in [1.29, 1.82) is 0 Å². The molecule has 0 amide bonds. The number of hydrogen-bond acceptors (Lipinski definition) is 5. The number of likely N-dealkylation sites (tertiary alicyclic amines) is 1. The fourth-order valence-corrected chi connectivity index (χ4v) is 3.64. The first-order valence-electron chi connectivity index (χ1n) is 7.21. The first kappa shape index (κ1) is 13.6. The smallest absolute Gasteiger partial charge is 0.0907 e. The summed E-state index contributed by atoms with van der Waals surface area (Å²) in [7, 11) is 2.19. The second-order valence-electron chi connectivity index (χ2n) is 5.77. The number of nitrogens with two attached hydrogens (primary N) is 1. The molecule has 5 heteroatoms. The fourth-order valence-electron chi connectivity index (χ4n) is 2.78. The summed E-state index contributed by atoms with van der Waals surface area (Å²) in [6, 6.07) is 4.13. The summed E-state index contributed by atoms with van der Waals surface area (Å²) in [5.74, 6) is 0.749. The van der Waals surface area contributed by atoms with Crippen molar-refractivity contribution in [2.45, 2.75) is 19.8 Å². The maximum Gasteiger partial charge on any atom is 0.0907 e. The van der Waals surface area contributed by atoms with Crippen LogP contribution in [0.3, 0.4) is 0 Å². The largest absolute Gasteiger partial charge is 0.397 e. The molecule has 1 aromatic carbocycles. The van der Waals surface area contributed by atoms with Crippen LogP contribution in [0, 0.1) is 12.8 Å². The third-order valence-electron chi connectivity index (χ3n) is 4.09. The van der Waals surface area contributed by atoms with Crippen molar-refractivity contribution in [2.24, 2.45) is 5.92 Å². The van der Waals surface area contributed by atoms with Crippen LogP contribution in [-0.2, 0) is 0 Å². The number of aromatic nitrogens is 1. The van der Waals surface area contributed by atoms with E-state index < -0.39 is 0 Å². The van der Waals surface area contributed by atoms with Crippen molar-refractivity contribution >= 4 is 32.9 Å². The zero-order chi connectivity index (χ0) is 14.1. The average molecular weight is 290 g/mol. The number of fused-ring (bicyclic) bond motifs is 1. The lowest BCUT2D eigenvalue weighted by Crippen LogP contribution is -2.33. The van der Waals surface area contributed by atoms with Gasteiger partial charge >= 0.3 is 0 Å². The van der Waals surface area contributed by atoms with Gasteiger partial charge in [-0.1, -0.05) is 0 Å². The monoisotopic (exact) mass is 290 g/mol. The highest BCUT2D eigenvalue weighted by Crippen LogP contribution is 2.30. The minimum atomic E-state index is 0.749. The van der Waals surface area contributed by atoms with Gasteiger partial charge in [0.25, 0.3) is 0 Å². The van der Waals surface area contributed by atoms with Crippen LogP contribution in [0.25, 0.3) is 10.2 Å². The number of thiazole rings is 1. The third kappa shape index (κ3) is 2.88. The van der Waals surface area contributed by atoms with Crippen LogP contribution < -0.4 is 11.1 Å². The van der Waals surface area contributed by atoms with Gasteiger partial charge in [0.15, 0.2) is 0 Å². The molecule has 0 bridgehead atoms. The molecule has 1 aliphatic heterocycles. The predicted octanol–water partition coefficient (Wildman–Crippen LogP) is 2.94. The zero-order valence-corrected chi connectivity index (χ0v) is 13.0. The molecule has 1 aromatic heterocycles. The summed E-state index contributed by atoms with van der Waals surface area (Å²) in [5, 5.41) is 4.61. The molecule has 2 aromatic rings. The van der Waals surface area contributed by atoms with Gasteiger partial charge in [-0.3, -0.25) is 0 Å². The summed E-state index contributed by atoms with van der Waals surface area (Å²) < 4.78 is 1.17. The topological polar surface area (TPSA) is 54.2 Å². The van der Waals surface area contributed by atoms with E-state index in [4.69, 9.17) is 5.73 Å². The van der Waals surface area contributed by atoms with E-state index in [0.29, 0.717) is 0 Å². The summed E-state index contributed by atoms with van der Waals surface area (Å²) in [6.45, 7) is 5.44. The highest BCUT2D eigenvalue weighted by atomic mass is 32.1. The Labute approximate surface area is 124 Å². The van der Waals surface area contributed by atoms with Crippen molar-refractivity contribution in [3.8, 4) is 0 Å². The van der Waals surface area contributed by atoms with Gasteiger partial charge < -0.3 is 16.0 Å². The number of benzene rings is 1. The van der Waals surface area contributed by atoms with Crippen LogP contribution >= 0.6 is 11.3 Å². The fraction of sp³-hybridized carbons (Fsp3) is 0.533. The number of piperidine rings is 1. The van der Waals surface area contributed by atoms with Gasteiger partial charge in [0.1, 0.15) is 0 Å². The summed E-state index contributed by atoms with van der Waals surface area (Å²) >= 11 is 1.70. The molecule has 0 aliphatic carbocycles. The average Bonchev–Trinajstić information content (AvgIpc) is 2.77. The number of nitrogen functional groups attached to an aromatic ring is 1. The molecule has 1 aliphatic rings. The Morgan fingerprint density at radius 3 is 2.90 bits per heavy atom. The molecule has 20 heavy (non-hydrogen) atoms. The van der Waals surface area contributed by atoms with Gasteiger partial charge in [0.2, 0.25) is 0 Å². The normalized spacial score (nSPS) is 17.7. The molecular formula is C15H22N4S. The Balaban J connectivity index is 1.69. The number of aryl methyl sites for hydroxylation is 1. The van der Waals surface area contributed by atoms with E-state index in [1.165, 1.54) is 30.6 Å². The van der Waals surface area contributed by atoms with Crippen LogP contribution in [0.15, 0.2) is 12.1 Å². The SMILES string of the molecule is Cc1nc2cc(NCC3CCN(C)CC3)c(N)cc2s1. The standard InChI is InChI=1S/C15H22N4S/c1-10-18-14-8-13(12(16)7-15(14)20-10)17-9-11-3-5-19(2)6-4-11/h7-8,11,17H,3-6,9,16H2,1-2H3. The molecule has 1 saturated heterocycles. The van der Waals surface area contributed by atoms with Crippen molar-refractivity contribution in [1.82, 2.24) is 9.88 Å². The Morgan fingerprint density at radius 1 is 1.40 bits per heavy atom. The zero-order valence-electron chi connectivity index (χ0n) is 12.1. The maximum atomic E-state index is 6.14. The van der Waals surface area contributed by atoms with Crippen LogP contribution in [0.1, 0.15) is 17.8 Å². The molecule has 3 N–H and O–H groups in total. The molecule has 0 spiro atoms. The van der Waals surface area contributed by atoms with Crippen molar-refractivity contribution < 1.29 is 0 Å². The van der Waals surface area contributed by atoms with Crippen LogP contribution in [0.5, 0.6) is 0 Å². The Hall–Kier alpha value is -1.33. The van der Waals surface area contributed by atoms with Crippen LogP contribution in [0.2, 0.25) is 0 Å². The van der Waals surface area contributed by atoms with Gasteiger partial charge in [-0.15, -0.1) is 11.3 Å². The lowest BCUT2D eigenvalue weighted by Gasteiger charge is -2.29. The highest BCUT2D eigenvalue weighted by molar-refractivity contribution is 7.18. The first-order valence-corrected chi connectivity index (χ1v) is 8.02. The van der Waals surface area contributed by atoms with E-state index in [1.807, 2.05) is 13.0 Å². The van der Waals surface area contributed by atoms with Crippen molar-refractivity contribution in [3.63, 3.8) is 0 Å². The van der Waals surface area contributed by atoms with E-state index in [0.717, 1.165) is 34.4 Å². The predicted molar refractivity (Wildman–Crippen MR) is 87.5 cm³/mol. The Bertz CT molecular complexity index is 599. The van der Waals surface area contributed by atoms with Gasteiger partial charge in [0.05, 0.1) is 26.6 Å². The maximum absolute atomic E-state index is 6.14. The van der Waals surface area contributed by atoms with E-state index in [-0.39, 0.29) is 0 Å². The highest BCUT2D eigenvalue weighted by Gasteiger charge is 2.16. The molecule has 0 atom stereocenters. The van der Waals surface area contributed by atoms with E-state index >= 15 is 0 Å². The van der Waals surface area contributed by atoms with E-state index in [9.17, 15) is 0 Å². The second-order valence-corrected chi connectivity index (χ2v) is 7.00. The summed E-state index contributed by atoms with van der Waals surface area (Å²) in [4.78, 5) is 6.93. The number of hydrogen-bond donors (Lipinski definition) is 2. The van der Waals surface area contributed by atoms with Crippen LogP contribution in [-0.4, -0.2) is 36.6 Å². The summed E-state index contributed by atoms with van der Waals surface area (Å²) in [6.07, 6.45) is 2.53. The molecule has 0 unspecified atom stereocenters. The minimum absolute atomic E-state index is 0.749. The molecule has 0 saturated carbocycles. The van der Waals surface area contributed by atoms with Gasteiger partial charge in [0, 0.05) is 6.54 Å². The minimum Gasteiger partial charge on any atom is -0.397 e. The second kappa shape index (κ2) is 5.58. The van der Waals surface area contributed by atoms with Crippen LogP contribution in [0.4, 0.5) is 11.4 Å². The van der Waals surface area contributed by atoms with Crippen molar-refractivity contribution in [2.75, 3.05) is 37.7 Å². The molecule has 4 nitrogen and oxygen atoms in total. The van der Waals surface area contributed by atoms with Crippen molar-refractivity contribution in [3.05, 3.63) is 17.1 Å². The quantitative estimate of drug-likeness (QED) is 0.853. The number of nitrogens with one attached hydrogen (secondary N) is 1. The van der Waals surface area contributed by atoms with E-state index in [2.05, 4.69) is 28.3 Å². The van der Waals surface area contributed by atoms with Gasteiger partial charge in [-0.2, -0.15) is 0 Å². The molecule has 0 radical (unpaired) electrons. The van der Waals surface area contributed by atoms with E-state index in [1.54, 1.807) is 11.3 Å². The molecule has 1 fully saturated rings. The third-order valence-corrected chi connectivity index (χ3v) is 5.02. The molecule has 2 heterocycles.